The largest absolute Gasteiger partial charge is 0.491 e. The van der Waals surface area contributed by atoms with Gasteiger partial charge in [0.15, 0.2) is 5.96 Å². The number of rotatable bonds is 5. The van der Waals surface area contributed by atoms with Gasteiger partial charge in [0.05, 0.1) is 12.6 Å². The first-order valence-corrected chi connectivity index (χ1v) is 8.20. The number of aryl methyl sites for hydroxylation is 1. The molecule has 2 rings (SSSR count). The van der Waals surface area contributed by atoms with Crippen LogP contribution in [0.15, 0.2) is 23.2 Å². The Kier molecular flexibility index (Phi) is 6.28. The van der Waals surface area contributed by atoms with Crippen LogP contribution in [0.3, 0.4) is 0 Å². The van der Waals surface area contributed by atoms with Crippen LogP contribution < -0.4 is 4.74 Å². The summed E-state index contributed by atoms with van der Waals surface area (Å²) in [6, 6.07) is 6.30. The molecule has 23 heavy (non-hydrogen) atoms. The Balaban J connectivity index is 2.09. The quantitative estimate of drug-likeness (QED) is 0.617. The molecule has 1 aromatic rings. The van der Waals surface area contributed by atoms with E-state index in [-0.39, 0.29) is 6.10 Å². The number of aliphatic imine (C=N–C) groups is 1. The normalized spacial score (nSPS) is 17.0. The van der Waals surface area contributed by atoms with E-state index in [1.165, 1.54) is 5.56 Å². The highest BCUT2D eigenvalue weighted by atomic mass is 16.5. The minimum absolute atomic E-state index is 0.228. The zero-order chi connectivity index (χ0) is 16.8. The van der Waals surface area contributed by atoms with Gasteiger partial charge < -0.3 is 19.3 Å². The summed E-state index contributed by atoms with van der Waals surface area (Å²) in [6.07, 6.45) is 2.45. The van der Waals surface area contributed by atoms with Crippen molar-refractivity contribution in [2.75, 3.05) is 41.4 Å². The van der Waals surface area contributed by atoms with Gasteiger partial charge in [-0.05, 0) is 31.4 Å². The number of guanidine groups is 1. The lowest BCUT2D eigenvalue weighted by Crippen LogP contribution is -2.35. The van der Waals surface area contributed by atoms with Gasteiger partial charge in [0.1, 0.15) is 12.4 Å². The zero-order valence-electron chi connectivity index (χ0n) is 15.0. The van der Waals surface area contributed by atoms with Gasteiger partial charge in [0.25, 0.3) is 0 Å². The van der Waals surface area contributed by atoms with Gasteiger partial charge in [0.2, 0.25) is 0 Å². The molecule has 0 bridgehead atoms. The molecule has 5 nitrogen and oxygen atoms in total. The zero-order valence-corrected chi connectivity index (χ0v) is 15.0. The highest BCUT2D eigenvalue weighted by Crippen LogP contribution is 2.23. The molecule has 1 aliphatic heterocycles. The summed E-state index contributed by atoms with van der Waals surface area (Å²) in [5.74, 6) is 1.86. The molecule has 0 spiro atoms. The van der Waals surface area contributed by atoms with Gasteiger partial charge in [-0.25, -0.2) is 4.99 Å². The predicted octanol–water partition coefficient (Wildman–Crippen LogP) is 2.53. The van der Waals surface area contributed by atoms with E-state index < -0.39 is 0 Å². The summed E-state index contributed by atoms with van der Waals surface area (Å²) in [5, 5.41) is 0. The summed E-state index contributed by atoms with van der Waals surface area (Å²) in [7, 11) is 8.01. The Bertz CT molecular complexity index is 525. The smallest absolute Gasteiger partial charge is 0.195 e. The number of nitrogens with zero attached hydrogens (tertiary/aromatic N) is 3. The van der Waals surface area contributed by atoms with E-state index in [4.69, 9.17) is 14.5 Å². The summed E-state index contributed by atoms with van der Waals surface area (Å²) in [6.45, 7) is 4.16. The molecular formula is C18H29N3O2. The molecule has 0 aliphatic carbocycles. The number of hydrogen-bond acceptors (Lipinski definition) is 3. The maximum absolute atomic E-state index is 6.03. The highest BCUT2D eigenvalue weighted by molar-refractivity contribution is 5.79. The maximum Gasteiger partial charge on any atom is 0.195 e. The molecule has 0 saturated carbocycles. The standard InChI is InChI=1S/C18H29N3O2/c1-14-8-9-15(12-19-18(20(2)3)21(4)5)17(11-14)23-13-16-7-6-10-22-16/h8-9,11,16H,6-7,10,12-13H2,1-5H3. The van der Waals surface area contributed by atoms with Crippen molar-refractivity contribution in [2.24, 2.45) is 4.99 Å². The maximum atomic E-state index is 6.03. The lowest BCUT2D eigenvalue weighted by atomic mass is 10.1. The first-order valence-electron chi connectivity index (χ1n) is 8.20. The van der Waals surface area contributed by atoms with Crippen LogP contribution in [0.1, 0.15) is 24.0 Å². The van der Waals surface area contributed by atoms with Crippen LogP contribution in [0.2, 0.25) is 0 Å². The van der Waals surface area contributed by atoms with Crippen LogP contribution in [0.4, 0.5) is 0 Å². The SMILES string of the molecule is Cc1ccc(CN=C(N(C)C)N(C)C)c(OCC2CCCO2)c1. The van der Waals surface area contributed by atoms with Gasteiger partial charge in [-0.3, -0.25) is 0 Å². The Hall–Kier alpha value is -1.75. The van der Waals surface area contributed by atoms with Crippen LogP contribution in [0.25, 0.3) is 0 Å². The molecule has 1 fully saturated rings. The Morgan fingerprint density at radius 3 is 2.61 bits per heavy atom. The molecule has 1 saturated heterocycles. The Morgan fingerprint density at radius 2 is 2.00 bits per heavy atom. The molecule has 1 atom stereocenters. The molecule has 0 aromatic heterocycles. The minimum Gasteiger partial charge on any atom is -0.491 e. The average Bonchev–Trinajstić information content (AvgIpc) is 2.99. The fraction of sp³-hybridized carbons (Fsp3) is 0.611. The van der Waals surface area contributed by atoms with E-state index in [0.717, 1.165) is 36.7 Å². The van der Waals surface area contributed by atoms with Crippen molar-refractivity contribution in [3.63, 3.8) is 0 Å². The summed E-state index contributed by atoms with van der Waals surface area (Å²) in [5.41, 5.74) is 2.30. The molecule has 0 amide bonds. The Morgan fingerprint density at radius 1 is 1.26 bits per heavy atom. The van der Waals surface area contributed by atoms with Crippen molar-refractivity contribution in [2.45, 2.75) is 32.4 Å². The molecule has 1 aromatic carbocycles. The van der Waals surface area contributed by atoms with E-state index in [1.54, 1.807) is 0 Å². The van der Waals surface area contributed by atoms with Crippen molar-refractivity contribution in [1.82, 2.24) is 9.80 Å². The number of ether oxygens (including phenoxy) is 2. The monoisotopic (exact) mass is 319 g/mol. The predicted molar refractivity (Wildman–Crippen MR) is 94.2 cm³/mol. The summed E-state index contributed by atoms with van der Waals surface area (Å²) in [4.78, 5) is 8.75. The topological polar surface area (TPSA) is 37.3 Å². The van der Waals surface area contributed by atoms with Crippen LogP contribution in [0.5, 0.6) is 5.75 Å². The first-order chi connectivity index (χ1) is 11.0. The van der Waals surface area contributed by atoms with Gasteiger partial charge in [-0.15, -0.1) is 0 Å². The first kappa shape index (κ1) is 17.6. The highest BCUT2D eigenvalue weighted by Gasteiger charge is 2.17. The van der Waals surface area contributed by atoms with E-state index in [2.05, 4.69) is 25.1 Å². The van der Waals surface area contributed by atoms with Crippen LogP contribution >= 0.6 is 0 Å². The fourth-order valence-electron chi connectivity index (χ4n) is 2.72. The van der Waals surface area contributed by atoms with Crippen LogP contribution in [-0.2, 0) is 11.3 Å². The second kappa shape index (κ2) is 8.20. The van der Waals surface area contributed by atoms with E-state index in [1.807, 2.05) is 38.0 Å². The Labute approximate surface area is 139 Å². The summed E-state index contributed by atoms with van der Waals surface area (Å²) >= 11 is 0. The second-order valence-electron chi connectivity index (χ2n) is 6.46. The molecule has 128 valence electrons. The van der Waals surface area contributed by atoms with Gasteiger partial charge in [0, 0.05) is 40.4 Å². The van der Waals surface area contributed by atoms with Crippen molar-refractivity contribution >= 4 is 5.96 Å². The van der Waals surface area contributed by atoms with Crippen molar-refractivity contribution in [3.8, 4) is 5.75 Å². The van der Waals surface area contributed by atoms with Crippen molar-refractivity contribution in [1.29, 1.82) is 0 Å². The van der Waals surface area contributed by atoms with Crippen LogP contribution in [-0.4, -0.2) is 63.3 Å². The summed E-state index contributed by atoms with van der Waals surface area (Å²) < 4.78 is 11.7. The molecule has 1 heterocycles. The van der Waals surface area contributed by atoms with E-state index >= 15 is 0 Å². The molecule has 1 aliphatic rings. The molecular weight excluding hydrogens is 290 g/mol. The second-order valence-corrected chi connectivity index (χ2v) is 6.46. The average molecular weight is 319 g/mol. The van der Waals surface area contributed by atoms with Gasteiger partial charge in [-0.2, -0.15) is 0 Å². The molecule has 5 heteroatoms. The minimum atomic E-state index is 0.228. The number of benzene rings is 1. The third kappa shape index (κ3) is 5.13. The van der Waals surface area contributed by atoms with Crippen LogP contribution in [0, 0.1) is 6.92 Å². The van der Waals surface area contributed by atoms with E-state index in [9.17, 15) is 0 Å². The number of hydrogen-bond donors (Lipinski definition) is 0. The van der Waals surface area contributed by atoms with Gasteiger partial charge in [-0.1, -0.05) is 12.1 Å². The molecule has 0 N–H and O–H groups in total. The third-order valence-corrected chi connectivity index (χ3v) is 3.86. The van der Waals surface area contributed by atoms with Crippen molar-refractivity contribution < 1.29 is 9.47 Å². The lowest BCUT2D eigenvalue weighted by Gasteiger charge is -2.23. The molecule has 0 radical (unpaired) electrons. The molecule has 1 unspecified atom stereocenters. The lowest BCUT2D eigenvalue weighted by molar-refractivity contribution is 0.0676. The van der Waals surface area contributed by atoms with Crippen molar-refractivity contribution in [3.05, 3.63) is 29.3 Å². The van der Waals surface area contributed by atoms with Gasteiger partial charge >= 0.3 is 0 Å². The third-order valence-electron chi connectivity index (χ3n) is 3.86. The fourth-order valence-corrected chi connectivity index (χ4v) is 2.72. The van der Waals surface area contributed by atoms with E-state index in [0.29, 0.717) is 13.2 Å².